The number of ether oxygens (including phenoxy) is 2. The van der Waals surface area contributed by atoms with Crippen LogP contribution >= 0.6 is 0 Å². The van der Waals surface area contributed by atoms with E-state index in [1.807, 2.05) is 0 Å². The predicted octanol–water partition coefficient (Wildman–Crippen LogP) is 2.70. The SMILES string of the molecule is CC(=O)N(Cc1cnc(S(=O)(=O)Cc2ccc(F)cc2)n1C[C@H]1CCCO1)C[C@H]1CCCO1. The van der Waals surface area contributed by atoms with Crippen LogP contribution in [-0.2, 0) is 42.9 Å². The standard InChI is InChI=1S/C23H30FN3O5S/c1-17(28)26(14-21-4-2-10-31-21)13-20-12-25-23(27(20)15-22-5-3-11-32-22)33(29,30)16-18-6-8-19(24)9-7-18/h6-9,12,21-22H,2-5,10-11,13-16H2,1H3/t21-,22-/m1/s1. The average Bonchev–Trinajstić information content (AvgIpc) is 3.53. The third-order valence-electron chi connectivity index (χ3n) is 6.11. The van der Waals surface area contributed by atoms with Crippen LogP contribution in [0.25, 0.3) is 0 Å². The van der Waals surface area contributed by atoms with E-state index in [0.717, 1.165) is 25.7 Å². The number of aromatic nitrogens is 2. The molecule has 0 aliphatic carbocycles. The molecule has 2 atom stereocenters. The lowest BCUT2D eigenvalue weighted by molar-refractivity contribution is -0.131. The summed E-state index contributed by atoms with van der Waals surface area (Å²) in [5.41, 5.74) is 1.12. The Balaban J connectivity index is 1.61. The fourth-order valence-corrected chi connectivity index (χ4v) is 5.85. The van der Waals surface area contributed by atoms with Gasteiger partial charge in [0.15, 0.2) is 0 Å². The highest BCUT2D eigenvalue weighted by atomic mass is 32.2. The molecular formula is C23H30FN3O5S. The largest absolute Gasteiger partial charge is 0.376 e. The second-order valence-corrected chi connectivity index (χ2v) is 10.6. The minimum absolute atomic E-state index is 0.00915. The van der Waals surface area contributed by atoms with Crippen LogP contribution in [0.3, 0.4) is 0 Å². The number of hydrogen-bond acceptors (Lipinski definition) is 6. The summed E-state index contributed by atoms with van der Waals surface area (Å²) in [6.07, 6.45) is 5.03. The van der Waals surface area contributed by atoms with Gasteiger partial charge in [-0.3, -0.25) is 4.79 Å². The van der Waals surface area contributed by atoms with Crippen LogP contribution in [-0.4, -0.2) is 60.7 Å². The monoisotopic (exact) mass is 479 g/mol. The number of halogens is 1. The van der Waals surface area contributed by atoms with Crippen molar-refractivity contribution in [1.29, 1.82) is 0 Å². The number of hydrogen-bond donors (Lipinski definition) is 0. The van der Waals surface area contributed by atoms with Gasteiger partial charge in [-0.1, -0.05) is 12.1 Å². The Kier molecular flexibility index (Phi) is 7.45. The van der Waals surface area contributed by atoms with Gasteiger partial charge in [-0.15, -0.1) is 0 Å². The number of nitrogens with zero attached hydrogens (tertiary/aromatic N) is 3. The van der Waals surface area contributed by atoms with Gasteiger partial charge in [-0.25, -0.2) is 17.8 Å². The molecule has 3 heterocycles. The van der Waals surface area contributed by atoms with Crippen molar-refractivity contribution in [2.75, 3.05) is 19.8 Å². The molecule has 180 valence electrons. The van der Waals surface area contributed by atoms with Gasteiger partial charge in [-0.2, -0.15) is 0 Å². The predicted molar refractivity (Wildman–Crippen MR) is 119 cm³/mol. The van der Waals surface area contributed by atoms with E-state index in [0.29, 0.717) is 37.6 Å². The summed E-state index contributed by atoms with van der Waals surface area (Å²) in [6, 6.07) is 5.40. The number of rotatable bonds is 9. The van der Waals surface area contributed by atoms with Crippen molar-refractivity contribution >= 4 is 15.7 Å². The molecule has 2 aromatic rings. The van der Waals surface area contributed by atoms with Crippen molar-refractivity contribution in [3.8, 4) is 0 Å². The Morgan fingerprint density at radius 2 is 1.82 bits per heavy atom. The smallest absolute Gasteiger partial charge is 0.228 e. The maximum absolute atomic E-state index is 13.3. The fraction of sp³-hybridized carbons (Fsp3) is 0.565. The van der Waals surface area contributed by atoms with E-state index >= 15 is 0 Å². The molecule has 8 nitrogen and oxygen atoms in total. The van der Waals surface area contributed by atoms with Crippen LogP contribution in [0, 0.1) is 5.82 Å². The van der Waals surface area contributed by atoms with E-state index in [1.165, 1.54) is 37.4 Å². The molecule has 0 saturated carbocycles. The van der Waals surface area contributed by atoms with Crippen molar-refractivity contribution in [3.63, 3.8) is 0 Å². The average molecular weight is 480 g/mol. The van der Waals surface area contributed by atoms with Gasteiger partial charge < -0.3 is 18.9 Å². The third kappa shape index (κ3) is 5.99. The van der Waals surface area contributed by atoms with Crippen molar-refractivity contribution < 1.29 is 27.1 Å². The normalized spacial score (nSPS) is 20.9. The number of benzene rings is 1. The van der Waals surface area contributed by atoms with Crippen LogP contribution < -0.4 is 0 Å². The molecule has 4 rings (SSSR count). The third-order valence-corrected chi connectivity index (χ3v) is 7.70. The van der Waals surface area contributed by atoms with Gasteiger partial charge in [0.25, 0.3) is 0 Å². The number of carbonyl (C=O) groups is 1. The van der Waals surface area contributed by atoms with E-state index in [-0.39, 0.29) is 35.6 Å². The Labute approximate surface area is 193 Å². The van der Waals surface area contributed by atoms with Gasteiger partial charge in [0.1, 0.15) is 5.82 Å². The number of carbonyl (C=O) groups excluding carboxylic acids is 1. The summed E-state index contributed by atoms with van der Waals surface area (Å²) < 4.78 is 52.9. The maximum Gasteiger partial charge on any atom is 0.228 e. The van der Waals surface area contributed by atoms with E-state index in [1.54, 1.807) is 9.47 Å². The van der Waals surface area contributed by atoms with Gasteiger partial charge >= 0.3 is 0 Å². The highest BCUT2D eigenvalue weighted by Crippen LogP contribution is 2.23. The van der Waals surface area contributed by atoms with Gasteiger partial charge in [0.2, 0.25) is 20.9 Å². The second kappa shape index (κ2) is 10.3. The minimum Gasteiger partial charge on any atom is -0.376 e. The lowest BCUT2D eigenvalue weighted by atomic mass is 10.2. The van der Waals surface area contributed by atoms with E-state index in [2.05, 4.69) is 4.98 Å². The molecule has 0 radical (unpaired) electrons. The molecule has 0 unspecified atom stereocenters. The first-order chi connectivity index (χ1) is 15.8. The first kappa shape index (κ1) is 23.8. The van der Waals surface area contributed by atoms with E-state index in [9.17, 15) is 17.6 Å². The molecule has 1 amide bonds. The molecule has 1 aromatic heterocycles. The summed E-state index contributed by atoms with van der Waals surface area (Å²) in [5, 5.41) is -0.0575. The summed E-state index contributed by atoms with van der Waals surface area (Å²) >= 11 is 0. The molecule has 2 fully saturated rings. The number of sulfone groups is 1. The minimum atomic E-state index is -3.81. The van der Waals surface area contributed by atoms with Crippen LogP contribution in [0.5, 0.6) is 0 Å². The highest BCUT2D eigenvalue weighted by molar-refractivity contribution is 7.90. The summed E-state index contributed by atoms with van der Waals surface area (Å²) in [6.45, 7) is 3.88. The maximum atomic E-state index is 13.3. The molecule has 33 heavy (non-hydrogen) atoms. The molecule has 0 N–H and O–H groups in total. The van der Waals surface area contributed by atoms with E-state index < -0.39 is 15.7 Å². The molecule has 0 bridgehead atoms. The molecule has 0 spiro atoms. The summed E-state index contributed by atoms with van der Waals surface area (Å²) in [5.74, 6) is -0.818. The highest BCUT2D eigenvalue weighted by Gasteiger charge is 2.29. The van der Waals surface area contributed by atoms with Crippen LogP contribution in [0.2, 0.25) is 0 Å². The molecule has 2 aliphatic rings. The van der Waals surface area contributed by atoms with Gasteiger partial charge in [0.05, 0.1) is 42.9 Å². The number of imidazole rings is 1. The topological polar surface area (TPSA) is 90.7 Å². The van der Waals surface area contributed by atoms with Crippen LogP contribution in [0.1, 0.15) is 43.9 Å². The Morgan fingerprint density at radius 3 is 2.42 bits per heavy atom. The van der Waals surface area contributed by atoms with Gasteiger partial charge in [0, 0.05) is 26.7 Å². The molecule has 2 saturated heterocycles. The molecule has 1 aromatic carbocycles. The lowest BCUT2D eigenvalue weighted by Gasteiger charge is -2.25. The zero-order valence-corrected chi connectivity index (χ0v) is 19.6. The zero-order chi connectivity index (χ0) is 23.4. The van der Waals surface area contributed by atoms with Gasteiger partial charge in [-0.05, 0) is 43.4 Å². The van der Waals surface area contributed by atoms with Crippen LogP contribution in [0.4, 0.5) is 4.39 Å². The summed E-state index contributed by atoms with van der Waals surface area (Å²) in [4.78, 5) is 18.3. The Bertz CT molecular complexity index is 1060. The van der Waals surface area contributed by atoms with Crippen molar-refractivity contribution in [1.82, 2.24) is 14.5 Å². The van der Waals surface area contributed by atoms with Crippen molar-refractivity contribution in [2.45, 2.75) is 68.8 Å². The quantitative estimate of drug-likeness (QED) is 0.549. The molecule has 2 aliphatic heterocycles. The first-order valence-corrected chi connectivity index (χ1v) is 13.0. The molecular weight excluding hydrogens is 449 g/mol. The van der Waals surface area contributed by atoms with Crippen LogP contribution in [0.15, 0.2) is 35.6 Å². The van der Waals surface area contributed by atoms with E-state index in [4.69, 9.17) is 9.47 Å². The molecule has 10 heteroatoms. The summed E-state index contributed by atoms with van der Waals surface area (Å²) in [7, 11) is -3.81. The number of amides is 1. The Morgan fingerprint density at radius 1 is 1.15 bits per heavy atom. The zero-order valence-electron chi connectivity index (χ0n) is 18.8. The first-order valence-electron chi connectivity index (χ1n) is 11.3. The fourth-order valence-electron chi connectivity index (χ4n) is 4.35. The van der Waals surface area contributed by atoms with Crippen molar-refractivity contribution in [2.24, 2.45) is 0 Å². The Hall–Kier alpha value is -2.30. The lowest BCUT2D eigenvalue weighted by Crippen LogP contribution is -2.36. The van der Waals surface area contributed by atoms with Crippen molar-refractivity contribution in [3.05, 3.63) is 47.5 Å². The second-order valence-electron chi connectivity index (χ2n) is 8.70.